The van der Waals surface area contributed by atoms with Crippen LogP contribution in [0, 0.1) is 0 Å². The van der Waals surface area contributed by atoms with Gasteiger partial charge in [-0.05, 0) is 26.2 Å². The quantitative estimate of drug-likeness (QED) is 0.592. The third kappa shape index (κ3) is 4.18. The molecule has 1 aliphatic rings. The second-order valence-electron chi connectivity index (χ2n) is 4.41. The molecule has 0 aromatic carbocycles. The normalized spacial score (nSPS) is 18.7. The SMILES string of the molecule is CCCC(N)C(=O)NC(C)C(=O)NC1CC1. The Morgan fingerprint density at radius 1 is 1.38 bits per heavy atom. The first-order chi connectivity index (χ1) is 7.54. The van der Waals surface area contributed by atoms with Crippen LogP contribution in [-0.4, -0.2) is 29.9 Å². The topological polar surface area (TPSA) is 84.2 Å². The van der Waals surface area contributed by atoms with Gasteiger partial charge in [-0.25, -0.2) is 0 Å². The summed E-state index contributed by atoms with van der Waals surface area (Å²) in [5, 5.41) is 5.46. The van der Waals surface area contributed by atoms with Gasteiger partial charge in [0.1, 0.15) is 6.04 Å². The van der Waals surface area contributed by atoms with Crippen molar-refractivity contribution >= 4 is 11.8 Å². The molecule has 5 nitrogen and oxygen atoms in total. The van der Waals surface area contributed by atoms with Gasteiger partial charge in [0.05, 0.1) is 6.04 Å². The lowest BCUT2D eigenvalue weighted by atomic mass is 10.1. The Hall–Kier alpha value is -1.10. The van der Waals surface area contributed by atoms with Crippen LogP contribution < -0.4 is 16.4 Å². The zero-order chi connectivity index (χ0) is 12.1. The molecule has 2 unspecified atom stereocenters. The number of hydrogen-bond acceptors (Lipinski definition) is 3. The predicted molar refractivity (Wildman–Crippen MR) is 61.7 cm³/mol. The van der Waals surface area contributed by atoms with Crippen LogP contribution in [0.5, 0.6) is 0 Å². The van der Waals surface area contributed by atoms with Gasteiger partial charge in [-0.15, -0.1) is 0 Å². The highest BCUT2D eigenvalue weighted by Crippen LogP contribution is 2.18. The fourth-order valence-corrected chi connectivity index (χ4v) is 1.38. The minimum atomic E-state index is -0.513. The Labute approximate surface area is 96.1 Å². The molecule has 1 rings (SSSR count). The lowest BCUT2D eigenvalue weighted by Gasteiger charge is -2.16. The minimum absolute atomic E-state index is 0.125. The zero-order valence-electron chi connectivity index (χ0n) is 9.95. The van der Waals surface area contributed by atoms with Gasteiger partial charge in [0.15, 0.2) is 0 Å². The van der Waals surface area contributed by atoms with Crippen LogP contribution in [0.3, 0.4) is 0 Å². The van der Waals surface area contributed by atoms with Crippen molar-refractivity contribution in [1.82, 2.24) is 10.6 Å². The van der Waals surface area contributed by atoms with Crippen LogP contribution in [0.2, 0.25) is 0 Å². The molecule has 0 aliphatic heterocycles. The van der Waals surface area contributed by atoms with E-state index in [0.717, 1.165) is 19.3 Å². The fourth-order valence-electron chi connectivity index (χ4n) is 1.38. The molecule has 92 valence electrons. The molecule has 2 atom stereocenters. The molecule has 0 aromatic rings. The maximum absolute atomic E-state index is 11.5. The summed E-state index contributed by atoms with van der Waals surface area (Å²) in [6, 6.07) is -0.701. The van der Waals surface area contributed by atoms with Gasteiger partial charge >= 0.3 is 0 Å². The van der Waals surface area contributed by atoms with E-state index in [-0.39, 0.29) is 11.8 Å². The summed E-state index contributed by atoms with van der Waals surface area (Å²) in [4.78, 5) is 23.1. The number of rotatable bonds is 6. The third-order valence-corrected chi connectivity index (χ3v) is 2.61. The number of carbonyl (C=O) groups is 2. The Morgan fingerprint density at radius 3 is 2.50 bits per heavy atom. The van der Waals surface area contributed by atoms with Crippen molar-refractivity contribution in [2.45, 2.75) is 57.7 Å². The maximum atomic E-state index is 11.5. The molecular weight excluding hydrogens is 206 g/mol. The minimum Gasteiger partial charge on any atom is -0.352 e. The van der Waals surface area contributed by atoms with E-state index < -0.39 is 12.1 Å². The van der Waals surface area contributed by atoms with Gasteiger partial charge in [-0.3, -0.25) is 9.59 Å². The van der Waals surface area contributed by atoms with Crippen molar-refractivity contribution in [3.05, 3.63) is 0 Å². The summed E-state index contributed by atoms with van der Waals surface area (Å²) < 4.78 is 0. The third-order valence-electron chi connectivity index (χ3n) is 2.61. The Kier molecular flexibility index (Phi) is 4.73. The molecule has 0 aromatic heterocycles. The van der Waals surface area contributed by atoms with Crippen LogP contribution in [0.25, 0.3) is 0 Å². The number of nitrogens with one attached hydrogen (secondary N) is 2. The summed E-state index contributed by atoms with van der Waals surface area (Å²) in [7, 11) is 0. The number of amides is 2. The molecule has 1 aliphatic carbocycles. The molecule has 1 saturated carbocycles. The molecule has 0 spiro atoms. The first-order valence-corrected chi connectivity index (χ1v) is 5.91. The van der Waals surface area contributed by atoms with Crippen LogP contribution in [-0.2, 0) is 9.59 Å². The monoisotopic (exact) mass is 227 g/mol. The standard InChI is InChI=1S/C11H21N3O2/c1-3-4-9(12)11(16)13-7(2)10(15)14-8-5-6-8/h7-9H,3-6,12H2,1-2H3,(H,13,16)(H,14,15). The second-order valence-corrected chi connectivity index (χ2v) is 4.41. The van der Waals surface area contributed by atoms with Gasteiger partial charge < -0.3 is 16.4 Å². The highest BCUT2D eigenvalue weighted by atomic mass is 16.2. The molecular formula is C11H21N3O2. The number of carbonyl (C=O) groups excluding carboxylic acids is 2. The molecule has 0 radical (unpaired) electrons. The first kappa shape index (κ1) is 13.0. The van der Waals surface area contributed by atoms with E-state index in [0.29, 0.717) is 12.5 Å². The summed E-state index contributed by atoms with van der Waals surface area (Å²) in [6.07, 6.45) is 3.59. The van der Waals surface area contributed by atoms with E-state index in [1.165, 1.54) is 0 Å². The van der Waals surface area contributed by atoms with Crippen molar-refractivity contribution in [2.75, 3.05) is 0 Å². The van der Waals surface area contributed by atoms with E-state index in [9.17, 15) is 9.59 Å². The molecule has 16 heavy (non-hydrogen) atoms. The Morgan fingerprint density at radius 2 is 2.00 bits per heavy atom. The predicted octanol–water partition coefficient (Wildman–Crippen LogP) is -0.103. The molecule has 5 heteroatoms. The van der Waals surface area contributed by atoms with Gasteiger partial charge in [0, 0.05) is 6.04 Å². The number of hydrogen-bond donors (Lipinski definition) is 3. The van der Waals surface area contributed by atoms with Gasteiger partial charge in [0.2, 0.25) is 11.8 Å². The van der Waals surface area contributed by atoms with E-state index in [1.54, 1.807) is 6.92 Å². The molecule has 2 amide bonds. The molecule has 0 bridgehead atoms. The second kappa shape index (κ2) is 5.84. The largest absolute Gasteiger partial charge is 0.352 e. The molecule has 0 heterocycles. The highest BCUT2D eigenvalue weighted by Gasteiger charge is 2.26. The van der Waals surface area contributed by atoms with E-state index in [1.807, 2.05) is 6.92 Å². The fraction of sp³-hybridized carbons (Fsp3) is 0.818. The summed E-state index contributed by atoms with van der Waals surface area (Å²) in [5.74, 6) is -0.375. The zero-order valence-corrected chi connectivity index (χ0v) is 9.95. The highest BCUT2D eigenvalue weighted by molar-refractivity contribution is 5.89. The van der Waals surface area contributed by atoms with Crippen LogP contribution in [0.15, 0.2) is 0 Å². The lowest BCUT2D eigenvalue weighted by molar-refractivity contribution is -0.129. The average Bonchev–Trinajstić information content (AvgIpc) is 3.01. The van der Waals surface area contributed by atoms with E-state index in [2.05, 4.69) is 10.6 Å². The van der Waals surface area contributed by atoms with Gasteiger partial charge in [-0.1, -0.05) is 13.3 Å². The van der Waals surface area contributed by atoms with Crippen molar-refractivity contribution in [3.63, 3.8) is 0 Å². The van der Waals surface area contributed by atoms with Crippen molar-refractivity contribution in [3.8, 4) is 0 Å². The molecule has 4 N–H and O–H groups in total. The Balaban J connectivity index is 2.28. The smallest absolute Gasteiger partial charge is 0.242 e. The van der Waals surface area contributed by atoms with Crippen LogP contribution >= 0.6 is 0 Å². The molecule has 1 fully saturated rings. The summed E-state index contributed by atoms with van der Waals surface area (Å²) in [6.45, 7) is 3.64. The van der Waals surface area contributed by atoms with Crippen molar-refractivity contribution in [2.24, 2.45) is 5.73 Å². The van der Waals surface area contributed by atoms with Crippen molar-refractivity contribution in [1.29, 1.82) is 0 Å². The summed E-state index contributed by atoms with van der Waals surface area (Å²) >= 11 is 0. The average molecular weight is 227 g/mol. The molecule has 0 saturated heterocycles. The van der Waals surface area contributed by atoms with Crippen molar-refractivity contribution < 1.29 is 9.59 Å². The van der Waals surface area contributed by atoms with Gasteiger partial charge in [0.25, 0.3) is 0 Å². The Bertz CT molecular complexity index is 264. The number of nitrogens with two attached hydrogens (primary N) is 1. The van der Waals surface area contributed by atoms with Gasteiger partial charge in [-0.2, -0.15) is 0 Å². The summed E-state index contributed by atoms with van der Waals surface area (Å²) in [5.41, 5.74) is 5.65. The van der Waals surface area contributed by atoms with E-state index in [4.69, 9.17) is 5.73 Å². The van der Waals surface area contributed by atoms with E-state index >= 15 is 0 Å². The van der Waals surface area contributed by atoms with Crippen LogP contribution in [0.1, 0.15) is 39.5 Å². The lowest BCUT2D eigenvalue weighted by Crippen LogP contribution is -2.50. The first-order valence-electron chi connectivity index (χ1n) is 5.91. The maximum Gasteiger partial charge on any atom is 0.242 e. The van der Waals surface area contributed by atoms with Crippen LogP contribution in [0.4, 0.5) is 0 Å².